The second-order valence-corrected chi connectivity index (χ2v) is 7.64. The number of amides is 1. The molecule has 6 heteroatoms. The van der Waals surface area contributed by atoms with Crippen LogP contribution in [0.4, 0.5) is 0 Å². The van der Waals surface area contributed by atoms with E-state index in [9.17, 15) is 4.79 Å². The lowest BCUT2D eigenvalue weighted by Crippen LogP contribution is -2.53. The Hall–Kier alpha value is -1.40. The molecule has 132 valence electrons. The normalized spacial score (nSPS) is 31.2. The minimum atomic E-state index is 0.0570. The molecule has 3 unspecified atom stereocenters. The van der Waals surface area contributed by atoms with Crippen molar-refractivity contribution >= 4 is 5.91 Å². The smallest absolute Gasteiger partial charge is 0.239 e. The van der Waals surface area contributed by atoms with Crippen molar-refractivity contribution in [2.45, 2.75) is 57.7 Å². The molecule has 1 N–H and O–H groups in total. The Kier molecular flexibility index (Phi) is 4.59. The van der Waals surface area contributed by atoms with E-state index in [4.69, 9.17) is 4.52 Å². The van der Waals surface area contributed by atoms with E-state index < -0.39 is 0 Å². The maximum absolute atomic E-state index is 12.8. The first-order valence-corrected chi connectivity index (χ1v) is 9.38. The van der Waals surface area contributed by atoms with Crippen molar-refractivity contribution in [1.29, 1.82) is 0 Å². The van der Waals surface area contributed by atoms with Crippen LogP contribution >= 0.6 is 0 Å². The lowest BCUT2D eigenvalue weighted by Gasteiger charge is -2.35. The lowest BCUT2D eigenvalue weighted by molar-refractivity contribution is -0.135. The maximum Gasteiger partial charge on any atom is 0.239 e. The highest BCUT2D eigenvalue weighted by molar-refractivity contribution is 5.82. The minimum absolute atomic E-state index is 0.0570. The van der Waals surface area contributed by atoms with E-state index in [1.165, 1.54) is 25.7 Å². The van der Waals surface area contributed by atoms with Gasteiger partial charge in [0.2, 0.25) is 5.91 Å². The average Bonchev–Trinajstić information content (AvgIpc) is 3.21. The van der Waals surface area contributed by atoms with E-state index in [1.807, 2.05) is 13.0 Å². The number of hydrogen-bond acceptors (Lipinski definition) is 5. The molecule has 1 aromatic heterocycles. The molecular weight excluding hydrogens is 304 g/mol. The molecule has 1 aromatic rings. The first kappa shape index (κ1) is 16.1. The van der Waals surface area contributed by atoms with Crippen molar-refractivity contribution in [3.05, 3.63) is 17.5 Å². The van der Waals surface area contributed by atoms with Gasteiger partial charge in [-0.25, -0.2) is 0 Å². The van der Waals surface area contributed by atoms with Crippen molar-refractivity contribution in [2.24, 2.45) is 5.92 Å². The van der Waals surface area contributed by atoms with Gasteiger partial charge < -0.3 is 14.7 Å². The molecule has 2 saturated heterocycles. The third-order valence-electron chi connectivity index (χ3n) is 5.90. The molecule has 24 heavy (non-hydrogen) atoms. The Labute approximate surface area is 143 Å². The lowest BCUT2D eigenvalue weighted by atomic mass is 9.85. The number of hydrogen-bond donors (Lipinski definition) is 1. The predicted octanol–water partition coefficient (Wildman–Crippen LogP) is 1.55. The van der Waals surface area contributed by atoms with E-state index in [1.54, 1.807) is 0 Å². The summed E-state index contributed by atoms with van der Waals surface area (Å²) in [5.74, 6) is 1.96. The maximum atomic E-state index is 12.8. The Balaban J connectivity index is 1.27. The fraction of sp³-hybridized carbons (Fsp3) is 0.778. The molecule has 3 atom stereocenters. The van der Waals surface area contributed by atoms with Crippen molar-refractivity contribution < 1.29 is 9.32 Å². The molecule has 1 aliphatic carbocycles. The number of nitrogens with one attached hydrogen (secondary N) is 1. The second kappa shape index (κ2) is 6.84. The van der Waals surface area contributed by atoms with Crippen LogP contribution in [0.1, 0.15) is 43.6 Å². The number of fused-ring (bicyclic) bond motifs is 1. The number of aromatic nitrogens is 1. The van der Waals surface area contributed by atoms with Gasteiger partial charge in [-0.05, 0) is 32.1 Å². The summed E-state index contributed by atoms with van der Waals surface area (Å²) in [7, 11) is 0. The van der Waals surface area contributed by atoms with E-state index in [2.05, 4.69) is 20.3 Å². The number of rotatable bonds is 3. The summed E-state index contributed by atoms with van der Waals surface area (Å²) in [4.78, 5) is 17.2. The zero-order valence-electron chi connectivity index (χ0n) is 14.5. The summed E-state index contributed by atoms with van der Waals surface area (Å²) < 4.78 is 5.29. The number of piperazine rings is 1. The molecule has 0 spiro atoms. The zero-order valence-corrected chi connectivity index (χ0v) is 14.5. The quantitative estimate of drug-likeness (QED) is 0.910. The van der Waals surface area contributed by atoms with Crippen molar-refractivity contribution in [1.82, 2.24) is 20.3 Å². The highest BCUT2D eigenvalue weighted by Gasteiger charge is 2.40. The monoisotopic (exact) mass is 332 g/mol. The largest absolute Gasteiger partial charge is 0.360 e. The second-order valence-electron chi connectivity index (χ2n) is 7.64. The molecule has 3 fully saturated rings. The van der Waals surface area contributed by atoms with Gasteiger partial charge in [0.15, 0.2) is 5.76 Å². The van der Waals surface area contributed by atoms with Gasteiger partial charge in [-0.2, -0.15) is 0 Å². The number of carbonyl (C=O) groups is 1. The van der Waals surface area contributed by atoms with Gasteiger partial charge in [-0.1, -0.05) is 18.0 Å². The first-order valence-electron chi connectivity index (χ1n) is 9.38. The summed E-state index contributed by atoms with van der Waals surface area (Å²) in [6, 6.07) is 2.63. The summed E-state index contributed by atoms with van der Waals surface area (Å²) in [6.07, 6.45) is 6.24. The molecule has 1 amide bonds. The standard InChI is InChI=1S/C18H28N4O2/c1-13-10-15(24-20-13)12-21-6-8-22(9-7-21)18(23)17-11-14-4-2-3-5-16(14)19-17/h10,14,16-17,19H,2-9,11-12H2,1H3. The van der Waals surface area contributed by atoms with Crippen LogP contribution in [0.5, 0.6) is 0 Å². The Bertz CT molecular complexity index is 565. The topological polar surface area (TPSA) is 61.6 Å². The molecule has 6 nitrogen and oxygen atoms in total. The Morgan fingerprint density at radius 2 is 2.08 bits per heavy atom. The van der Waals surface area contributed by atoms with Gasteiger partial charge in [0.25, 0.3) is 0 Å². The zero-order chi connectivity index (χ0) is 16.5. The number of carbonyl (C=O) groups excluding carboxylic acids is 1. The third-order valence-corrected chi connectivity index (χ3v) is 5.90. The van der Waals surface area contributed by atoms with Gasteiger partial charge in [0.1, 0.15) is 0 Å². The van der Waals surface area contributed by atoms with Crippen LogP contribution in [0.25, 0.3) is 0 Å². The molecule has 0 aromatic carbocycles. The summed E-state index contributed by atoms with van der Waals surface area (Å²) in [5.41, 5.74) is 0.924. The Morgan fingerprint density at radius 3 is 2.79 bits per heavy atom. The molecule has 4 rings (SSSR count). The summed E-state index contributed by atoms with van der Waals surface area (Å²) in [6.45, 7) is 6.18. The van der Waals surface area contributed by atoms with Crippen molar-refractivity contribution in [2.75, 3.05) is 26.2 Å². The molecular formula is C18H28N4O2. The highest BCUT2D eigenvalue weighted by atomic mass is 16.5. The average molecular weight is 332 g/mol. The molecule has 1 saturated carbocycles. The molecule has 0 radical (unpaired) electrons. The van der Waals surface area contributed by atoms with Crippen LogP contribution in [0, 0.1) is 12.8 Å². The Morgan fingerprint density at radius 1 is 1.29 bits per heavy atom. The number of aryl methyl sites for hydroxylation is 1. The fourth-order valence-corrected chi connectivity index (χ4v) is 4.57. The van der Waals surface area contributed by atoms with Crippen molar-refractivity contribution in [3.63, 3.8) is 0 Å². The van der Waals surface area contributed by atoms with E-state index >= 15 is 0 Å². The predicted molar refractivity (Wildman–Crippen MR) is 90.4 cm³/mol. The van der Waals surface area contributed by atoms with Gasteiger partial charge >= 0.3 is 0 Å². The van der Waals surface area contributed by atoms with Gasteiger partial charge in [-0.3, -0.25) is 9.69 Å². The van der Waals surface area contributed by atoms with Crippen LogP contribution in [-0.2, 0) is 11.3 Å². The van der Waals surface area contributed by atoms with Crippen LogP contribution < -0.4 is 5.32 Å². The van der Waals surface area contributed by atoms with Crippen LogP contribution in [0.3, 0.4) is 0 Å². The van der Waals surface area contributed by atoms with Crippen LogP contribution in [0.15, 0.2) is 10.6 Å². The molecule has 3 heterocycles. The van der Waals surface area contributed by atoms with E-state index in [-0.39, 0.29) is 6.04 Å². The van der Waals surface area contributed by atoms with E-state index in [0.29, 0.717) is 11.9 Å². The van der Waals surface area contributed by atoms with Gasteiger partial charge in [0, 0.05) is 38.3 Å². The summed E-state index contributed by atoms with van der Waals surface area (Å²) in [5, 5.41) is 7.55. The molecule has 0 bridgehead atoms. The van der Waals surface area contributed by atoms with Crippen molar-refractivity contribution in [3.8, 4) is 0 Å². The third kappa shape index (κ3) is 3.35. The minimum Gasteiger partial charge on any atom is -0.360 e. The fourth-order valence-electron chi connectivity index (χ4n) is 4.57. The molecule has 3 aliphatic rings. The SMILES string of the molecule is Cc1cc(CN2CCN(C(=O)C3CC4CCCCC4N3)CC2)on1. The van der Waals surface area contributed by atoms with E-state index in [0.717, 1.165) is 56.5 Å². The van der Waals surface area contributed by atoms with Crippen LogP contribution in [-0.4, -0.2) is 59.1 Å². The van der Waals surface area contributed by atoms with Gasteiger partial charge in [-0.15, -0.1) is 0 Å². The van der Waals surface area contributed by atoms with Crippen LogP contribution in [0.2, 0.25) is 0 Å². The first-order chi connectivity index (χ1) is 11.7. The molecule has 2 aliphatic heterocycles. The number of nitrogens with zero attached hydrogens (tertiary/aromatic N) is 3. The highest BCUT2D eigenvalue weighted by Crippen LogP contribution is 2.33. The summed E-state index contributed by atoms with van der Waals surface area (Å²) >= 11 is 0. The van der Waals surface area contributed by atoms with Gasteiger partial charge in [0.05, 0.1) is 18.3 Å².